The summed E-state index contributed by atoms with van der Waals surface area (Å²) in [5, 5.41) is 371. The van der Waals surface area contributed by atoms with Gasteiger partial charge in [-0.1, -0.05) is 0 Å². The normalized spacial score (nSPS) is 48.6. The van der Waals surface area contributed by atoms with E-state index in [-0.39, 0.29) is 0 Å². The number of amides is 4. The molecule has 0 aliphatic carbocycles. The van der Waals surface area contributed by atoms with E-state index in [2.05, 4.69) is 21.3 Å². The molecule has 11 rings (SSSR count). The van der Waals surface area contributed by atoms with Crippen LogP contribution in [0.4, 0.5) is 0 Å². The Labute approximate surface area is 805 Å². The standard InChI is InChI=1S/C80H136N4O58/c1-18-38(98)50(110)57(117)73(123-18)121-16-26(97)61(41(101)25(8-85)81-21(4)93)134-70-35(82-22(5)94)47(107)62(31(13-90)130-70)135-76-60(120)65(138-80-67(54(114)43(103)30(12-89)129-80)140-72-37(84-24(7)96)49(109)64(33(15-92)132-72)137-79-69(56(116)45(105)29(11-88)128-79)142-75-59(119)52(112)40(100)20(3)125-75)46(106)34(133-76)17-122-77-66(53(113)42(102)27(9-86)126-77)139-71-36(83-23(6)95)48(108)63(32(14-91)131-71)136-78-68(55(115)44(104)28(10-87)127-78)141-74-58(118)51(111)39(99)19(2)124-74/h18-20,25-80,85-92,97-120H,8-17H2,1-7H3,(H,81,93)(H,82,94)(H,83,95)(H,84,96)/t18-,19-,20-,25-,26+,27+,28+,29+,30+,31+,32+,33+,34+,35+,36+,37+,38+,39+,40+,41+,42+,43+,44-,45-,46+,47+,48+,49+,50+,51+,52+,53-,54-,55-,56-,57-,58-,59-,60-,61+,62+,63+,64+,65-,66-,67-,68+,69+,70-,71-,72-,73+,74-,75-,76-,77-,78-,79-,80+/m0/s1. The van der Waals surface area contributed by atoms with Gasteiger partial charge in [0.2, 0.25) is 23.6 Å². The molecule has 0 aromatic rings. The molecule has 142 heavy (non-hydrogen) atoms. The SMILES string of the molecule is CC(=O)N[C@H]1[C@H](O[C@@H]([C@H](O)[C@H](CO)NC(C)=O)[C@H](O)CO[C@@H]2O[C@@H](C)[C@@H](O)[C@@H](O)[C@@H]2O)O[C@H](CO)[C@@H](O[C@@H]2O[C@H](CO[C@H]3O[C@H](CO)[C@@H](O)[C@H](O)[C@@H]3O[C@@H]3O[C@H](CO)[C@@H](O[C@@H]4O[C@H](CO)[C@H](O)[C@H](O)[C@H]4O[C@@H]4O[C@@H](C)[C@@H](O)[C@@H](O)[C@@H]4O)[C@H](O)[C@H]3NC(C)=O)[C@@H](O)[C@H](O[C@H]3O[C@H](CO)[C@@H](O)[C@H](O)[C@@H]3O[C@@H]3O[C@H](CO)[C@@H](O[C@@H]4O[C@H](CO)[C@H](O)[C@H](O)[C@H]4O[C@@H]4O[C@@H](C)[C@@H](O)[C@@H](O)[C@@H]4O)[C@H](O)[C@H]3NC(C)=O)[C@@H]2O)[C@@H]1O. The molecule has 11 fully saturated rings. The number of rotatable bonds is 39. The molecule has 824 valence electrons. The van der Waals surface area contributed by atoms with Crippen molar-refractivity contribution in [3.63, 3.8) is 0 Å². The molecule has 0 radical (unpaired) electrons. The molecule has 0 aromatic carbocycles. The Balaban J connectivity index is 0.928. The van der Waals surface area contributed by atoms with Crippen molar-refractivity contribution in [3.05, 3.63) is 0 Å². The first-order valence-electron chi connectivity index (χ1n) is 45.7. The summed E-state index contributed by atoms with van der Waals surface area (Å²) in [6.45, 7) is -4.61. The van der Waals surface area contributed by atoms with Crippen LogP contribution in [-0.2, 0) is 123 Å². The van der Waals surface area contributed by atoms with Crippen LogP contribution in [0.3, 0.4) is 0 Å². The molecule has 0 unspecified atom stereocenters. The minimum absolute atomic E-state index is 0.868. The Morgan fingerprint density at radius 2 is 0.542 bits per heavy atom. The summed E-state index contributed by atoms with van der Waals surface area (Å²) in [4.78, 5) is 52.4. The molecule has 11 aliphatic heterocycles. The van der Waals surface area contributed by atoms with Crippen LogP contribution in [0.1, 0.15) is 48.5 Å². The van der Waals surface area contributed by atoms with Gasteiger partial charge in [0.25, 0.3) is 0 Å². The van der Waals surface area contributed by atoms with Crippen LogP contribution >= 0.6 is 0 Å². The summed E-state index contributed by atoms with van der Waals surface area (Å²) in [6.07, 6.45) is -117. The van der Waals surface area contributed by atoms with Gasteiger partial charge in [0.1, 0.15) is 268 Å². The molecular formula is C80H136N4O58. The Hall–Kier alpha value is -4.28. The maximum atomic E-state index is 13.4. The lowest BCUT2D eigenvalue weighted by atomic mass is 9.94. The van der Waals surface area contributed by atoms with Crippen molar-refractivity contribution >= 4 is 23.6 Å². The predicted octanol–water partition coefficient (Wildman–Crippen LogP) is -23.9. The van der Waals surface area contributed by atoms with Crippen LogP contribution in [0.25, 0.3) is 0 Å². The van der Waals surface area contributed by atoms with Crippen LogP contribution < -0.4 is 21.3 Å². The second-order valence-electron chi connectivity index (χ2n) is 36.3. The van der Waals surface area contributed by atoms with Crippen molar-refractivity contribution in [1.29, 1.82) is 0 Å². The summed E-state index contributed by atoms with van der Waals surface area (Å²) < 4.78 is 131. The number of nitrogens with one attached hydrogen (secondary N) is 4. The average molecular weight is 2080 g/mol. The first-order chi connectivity index (χ1) is 67.0. The van der Waals surface area contributed by atoms with Gasteiger partial charge in [0.05, 0.1) is 90.4 Å². The third-order valence-electron chi connectivity index (χ3n) is 26.2. The molecule has 11 heterocycles. The number of hydrogen-bond acceptors (Lipinski definition) is 58. The lowest BCUT2D eigenvalue weighted by molar-refractivity contribution is -0.402. The van der Waals surface area contributed by atoms with Crippen molar-refractivity contribution < 1.29 is 287 Å². The zero-order chi connectivity index (χ0) is 105. The second-order valence-corrected chi connectivity index (χ2v) is 36.3. The Morgan fingerprint density at radius 3 is 0.887 bits per heavy atom. The molecule has 11 aliphatic rings. The highest BCUT2D eigenvalue weighted by Gasteiger charge is 2.63. The molecule has 0 spiro atoms. The van der Waals surface area contributed by atoms with Gasteiger partial charge in [-0.3, -0.25) is 19.2 Å². The minimum Gasteiger partial charge on any atom is -0.394 e. The van der Waals surface area contributed by atoms with E-state index < -0.39 is 452 Å². The lowest BCUT2D eigenvalue weighted by Crippen LogP contribution is -2.70. The van der Waals surface area contributed by atoms with E-state index in [4.69, 9.17) is 104 Å². The van der Waals surface area contributed by atoms with E-state index in [1.54, 1.807) is 0 Å². The molecule has 0 bridgehead atoms. The second kappa shape index (κ2) is 51.7. The molecule has 11 saturated heterocycles. The number of carbonyl (C=O) groups is 4. The quantitative estimate of drug-likeness (QED) is 0.0272. The Bertz CT molecular complexity index is 3890. The van der Waals surface area contributed by atoms with Crippen LogP contribution in [0.5, 0.6) is 0 Å². The van der Waals surface area contributed by atoms with Crippen molar-refractivity contribution in [2.45, 2.75) is 410 Å². The van der Waals surface area contributed by atoms with Gasteiger partial charge in [0, 0.05) is 27.7 Å². The minimum atomic E-state index is -2.72. The Morgan fingerprint density at radius 1 is 0.261 bits per heavy atom. The van der Waals surface area contributed by atoms with Gasteiger partial charge in [-0.25, -0.2) is 0 Å². The highest BCUT2D eigenvalue weighted by molar-refractivity contribution is 5.74. The lowest BCUT2D eigenvalue weighted by Gasteiger charge is -2.51. The van der Waals surface area contributed by atoms with Gasteiger partial charge >= 0.3 is 0 Å². The fourth-order valence-corrected chi connectivity index (χ4v) is 18.2. The van der Waals surface area contributed by atoms with Gasteiger partial charge in [-0.2, -0.15) is 0 Å². The van der Waals surface area contributed by atoms with Crippen molar-refractivity contribution in [2.75, 3.05) is 66.1 Å². The van der Waals surface area contributed by atoms with Gasteiger partial charge < -0.3 is 289 Å². The monoisotopic (exact) mass is 2080 g/mol. The number of aliphatic hydroxyl groups is 32. The predicted molar refractivity (Wildman–Crippen MR) is 439 cm³/mol. The van der Waals surface area contributed by atoms with Gasteiger partial charge in [-0.05, 0) is 20.8 Å². The molecular weight excluding hydrogens is 1940 g/mol. The number of aliphatic hydroxyl groups excluding tert-OH is 32. The highest BCUT2D eigenvalue weighted by Crippen LogP contribution is 2.42. The molecule has 62 nitrogen and oxygen atoms in total. The molecule has 36 N–H and O–H groups in total. The third-order valence-corrected chi connectivity index (χ3v) is 26.2. The average Bonchev–Trinajstić information content (AvgIpc) is 0.764. The van der Waals surface area contributed by atoms with Crippen molar-refractivity contribution in [2.24, 2.45) is 0 Å². The summed E-state index contributed by atoms with van der Waals surface area (Å²) >= 11 is 0. The maximum absolute atomic E-state index is 13.4. The molecule has 0 saturated carbocycles. The van der Waals surface area contributed by atoms with Gasteiger partial charge in [0.15, 0.2) is 69.2 Å². The number of carbonyl (C=O) groups excluding carboxylic acids is 4. The zero-order valence-electron chi connectivity index (χ0n) is 77.1. The van der Waals surface area contributed by atoms with Gasteiger partial charge in [-0.15, -0.1) is 0 Å². The first kappa shape index (κ1) is 118. The summed E-state index contributed by atoms with van der Waals surface area (Å²) in [5.41, 5.74) is 0. The smallest absolute Gasteiger partial charge is 0.217 e. The molecule has 0 aromatic heterocycles. The van der Waals surface area contributed by atoms with E-state index in [1.807, 2.05) is 0 Å². The highest BCUT2D eigenvalue weighted by atomic mass is 16.8. The van der Waals surface area contributed by atoms with E-state index in [1.165, 1.54) is 20.8 Å². The third kappa shape index (κ3) is 26.4. The van der Waals surface area contributed by atoms with Crippen LogP contribution in [-0.4, -0.2) is 615 Å². The summed E-state index contributed by atoms with van der Waals surface area (Å²) in [5.74, 6) is -4.02. The topological polar surface area (TPSA) is 967 Å². The van der Waals surface area contributed by atoms with E-state index in [0.717, 1.165) is 27.7 Å². The largest absolute Gasteiger partial charge is 0.394 e. The maximum Gasteiger partial charge on any atom is 0.217 e. The first-order valence-corrected chi connectivity index (χ1v) is 45.7. The number of hydrogen-bond donors (Lipinski definition) is 36. The molecule has 4 amide bonds. The van der Waals surface area contributed by atoms with E-state index in [9.17, 15) is 183 Å². The van der Waals surface area contributed by atoms with Crippen LogP contribution in [0, 0.1) is 0 Å². The summed E-state index contributed by atoms with van der Waals surface area (Å²) in [6, 6.07) is -8.08. The van der Waals surface area contributed by atoms with Crippen LogP contribution in [0.15, 0.2) is 0 Å². The number of ether oxygens (including phenoxy) is 22. The van der Waals surface area contributed by atoms with Crippen molar-refractivity contribution in [1.82, 2.24) is 21.3 Å². The Kier molecular flexibility index (Phi) is 42.9. The molecule has 59 atom stereocenters. The van der Waals surface area contributed by atoms with Crippen LogP contribution in [0.2, 0.25) is 0 Å². The van der Waals surface area contributed by atoms with E-state index >= 15 is 0 Å². The van der Waals surface area contributed by atoms with E-state index in [0.29, 0.717) is 0 Å². The van der Waals surface area contributed by atoms with Crippen molar-refractivity contribution in [3.8, 4) is 0 Å². The molecule has 62 heteroatoms. The fraction of sp³-hybridized carbons (Fsp3) is 0.950. The summed E-state index contributed by atoms with van der Waals surface area (Å²) in [7, 11) is 0. The fourth-order valence-electron chi connectivity index (χ4n) is 18.2. The zero-order valence-corrected chi connectivity index (χ0v) is 77.1.